The smallest absolute Gasteiger partial charge is 0.240 e. The molecule has 1 aliphatic heterocycles. The van der Waals surface area contributed by atoms with Crippen molar-refractivity contribution in [3.8, 4) is 0 Å². The molecule has 0 bridgehead atoms. The molecule has 7 heteroatoms. The van der Waals surface area contributed by atoms with Crippen molar-refractivity contribution in [3.63, 3.8) is 0 Å². The summed E-state index contributed by atoms with van der Waals surface area (Å²) in [5, 5.41) is 5.22. The number of carbonyl (C=O) groups excluding carboxylic acids is 3. The van der Waals surface area contributed by atoms with Gasteiger partial charge in [0.1, 0.15) is 6.54 Å². The van der Waals surface area contributed by atoms with Gasteiger partial charge in [-0.25, -0.2) is 0 Å². The molecule has 1 aromatic rings. The summed E-state index contributed by atoms with van der Waals surface area (Å²) >= 11 is 1.47. The van der Waals surface area contributed by atoms with Gasteiger partial charge in [-0.15, -0.1) is 11.8 Å². The Kier molecular flexibility index (Phi) is 5.83. The standard InChI is InChI=1S/C15H19N3O3S/c1-2-7-16-13(19)8-17-14(20)9-18-11-5-3-4-6-12(11)22-10-15(18)21/h3-6H,2,7-10H2,1H3,(H,16,19)(H,17,20). The summed E-state index contributed by atoms with van der Waals surface area (Å²) in [5.41, 5.74) is 0.745. The van der Waals surface area contributed by atoms with Crippen LogP contribution in [-0.2, 0) is 14.4 Å². The summed E-state index contributed by atoms with van der Waals surface area (Å²) in [7, 11) is 0. The molecule has 1 aromatic carbocycles. The number of anilines is 1. The average Bonchev–Trinajstić information content (AvgIpc) is 2.53. The molecule has 22 heavy (non-hydrogen) atoms. The minimum absolute atomic E-state index is 0.0720. The maximum atomic E-state index is 12.0. The predicted octanol–water partition coefficient (Wildman–Crippen LogP) is 0.768. The van der Waals surface area contributed by atoms with Gasteiger partial charge in [0.15, 0.2) is 0 Å². The number of amides is 3. The molecule has 3 amide bonds. The molecule has 0 spiro atoms. The summed E-state index contributed by atoms with van der Waals surface area (Å²) < 4.78 is 0. The van der Waals surface area contributed by atoms with Gasteiger partial charge in [0.25, 0.3) is 0 Å². The molecule has 0 radical (unpaired) electrons. The topological polar surface area (TPSA) is 78.5 Å². The van der Waals surface area contributed by atoms with Crippen LogP contribution in [0.1, 0.15) is 13.3 Å². The van der Waals surface area contributed by atoms with Gasteiger partial charge in [-0.05, 0) is 18.6 Å². The van der Waals surface area contributed by atoms with Crippen LogP contribution in [0.2, 0.25) is 0 Å². The number of para-hydroxylation sites is 1. The minimum atomic E-state index is -0.346. The zero-order valence-corrected chi connectivity index (χ0v) is 13.2. The van der Waals surface area contributed by atoms with Gasteiger partial charge in [0.2, 0.25) is 17.7 Å². The van der Waals surface area contributed by atoms with Gasteiger partial charge >= 0.3 is 0 Å². The fourth-order valence-electron chi connectivity index (χ4n) is 2.03. The van der Waals surface area contributed by atoms with Crippen LogP contribution >= 0.6 is 11.8 Å². The van der Waals surface area contributed by atoms with Crippen molar-refractivity contribution in [2.24, 2.45) is 0 Å². The van der Waals surface area contributed by atoms with Crippen molar-refractivity contribution in [1.29, 1.82) is 0 Å². The lowest BCUT2D eigenvalue weighted by Gasteiger charge is -2.28. The SMILES string of the molecule is CCCNC(=O)CNC(=O)CN1C(=O)CSc2ccccc21. The van der Waals surface area contributed by atoms with E-state index in [0.29, 0.717) is 12.3 Å². The molecule has 0 unspecified atom stereocenters. The first-order valence-corrected chi connectivity index (χ1v) is 8.16. The average molecular weight is 321 g/mol. The number of thioether (sulfide) groups is 1. The molecule has 118 valence electrons. The number of nitrogens with zero attached hydrogens (tertiary/aromatic N) is 1. The molecular formula is C15H19N3O3S. The molecule has 0 saturated heterocycles. The molecule has 0 fully saturated rings. The number of hydrogen-bond donors (Lipinski definition) is 2. The second-order valence-electron chi connectivity index (χ2n) is 4.86. The summed E-state index contributed by atoms with van der Waals surface area (Å²) in [6, 6.07) is 7.48. The van der Waals surface area contributed by atoms with E-state index in [9.17, 15) is 14.4 Å². The van der Waals surface area contributed by atoms with Crippen LogP contribution in [0.3, 0.4) is 0 Å². The van der Waals surface area contributed by atoms with E-state index in [4.69, 9.17) is 0 Å². The second kappa shape index (κ2) is 7.84. The van der Waals surface area contributed by atoms with Crippen LogP contribution in [0, 0.1) is 0 Å². The van der Waals surface area contributed by atoms with E-state index >= 15 is 0 Å². The summed E-state index contributed by atoms with van der Waals surface area (Å²) in [5.74, 6) is -0.353. The van der Waals surface area contributed by atoms with Crippen LogP contribution < -0.4 is 15.5 Å². The van der Waals surface area contributed by atoms with E-state index in [2.05, 4.69) is 10.6 Å². The number of carbonyl (C=O) groups is 3. The molecule has 1 heterocycles. The van der Waals surface area contributed by atoms with E-state index < -0.39 is 0 Å². The van der Waals surface area contributed by atoms with Crippen LogP contribution in [0.5, 0.6) is 0 Å². The molecule has 0 aromatic heterocycles. The Labute approximate surface area is 133 Å². The fraction of sp³-hybridized carbons (Fsp3) is 0.400. The van der Waals surface area contributed by atoms with Crippen molar-refractivity contribution in [2.45, 2.75) is 18.2 Å². The molecule has 0 aliphatic carbocycles. The molecule has 1 aliphatic rings. The molecule has 0 saturated carbocycles. The van der Waals surface area contributed by atoms with E-state index in [0.717, 1.165) is 17.0 Å². The Hall–Kier alpha value is -2.02. The maximum absolute atomic E-state index is 12.0. The maximum Gasteiger partial charge on any atom is 0.240 e. The highest BCUT2D eigenvalue weighted by Gasteiger charge is 2.26. The monoisotopic (exact) mass is 321 g/mol. The van der Waals surface area contributed by atoms with Crippen molar-refractivity contribution in [3.05, 3.63) is 24.3 Å². The second-order valence-corrected chi connectivity index (χ2v) is 5.88. The first-order chi connectivity index (χ1) is 10.6. The van der Waals surface area contributed by atoms with Crippen molar-refractivity contribution in [1.82, 2.24) is 10.6 Å². The van der Waals surface area contributed by atoms with Crippen LogP contribution in [0.15, 0.2) is 29.2 Å². The number of nitrogens with one attached hydrogen (secondary N) is 2. The van der Waals surface area contributed by atoms with Gasteiger partial charge in [0.05, 0.1) is 18.0 Å². The quantitative estimate of drug-likeness (QED) is 0.811. The van der Waals surface area contributed by atoms with E-state index in [1.165, 1.54) is 16.7 Å². The number of benzene rings is 1. The Morgan fingerprint density at radius 3 is 2.77 bits per heavy atom. The molecule has 2 N–H and O–H groups in total. The van der Waals surface area contributed by atoms with Crippen molar-refractivity contribution < 1.29 is 14.4 Å². The highest BCUT2D eigenvalue weighted by Crippen LogP contribution is 2.34. The third-order valence-corrected chi connectivity index (χ3v) is 4.18. The number of hydrogen-bond acceptors (Lipinski definition) is 4. The van der Waals surface area contributed by atoms with E-state index in [-0.39, 0.29) is 30.8 Å². The summed E-state index contributed by atoms with van der Waals surface area (Å²) in [6.07, 6.45) is 0.844. The van der Waals surface area contributed by atoms with Crippen molar-refractivity contribution in [2.75, 3.05) is 30.3 Å². The lowest BCUT2D eigenvalue weighted by atomic mass is 10.2. The third-order valence-electron chi connectivity index (χ3n) is 3.13. The van der Waals surface area contributed by atoms with E-state index in [1.807, 2.05) is 31.2 Å². The van der Waals surface area contributed by atoms with Gasteiger partial charge in [-0.2, -0.15) is 0 Å². The Bertz CT molecular complexity index is 577. The van der Waals surface area contributed by atoms with Crippen LogP contribution in [-0.4, -0.2) is 43.1 Å². The highest BCUT2D eigenvalue weighted by molar-refractivity contribution is 8.00. The molecule has 2 rings (SSSR count). The minimum Gasteiger partial charge on any atom is -0.355 e. The van der Waals surface area contributed by atoms with Crippen molar-refractivity contribution >= 4 is 35.2 Å². The Balaban J connectivity index is 1.91. The number of rotatable bonds is 6. The lowest BCUT2D eigenvalue weighted by Crippen LogP contribution is -2.45. The van der Waals surface area contributed by atoms with E-state index in [1.54, 1.807) is 0 Å². The highest BCUT2D eigenvalue weighted by atomic mass is 32.2. The van der Waals surface area contributed by atoms with Gasteiger partial charge in [-0.3, -0.25) is 14.4 Å². The fourth-order valence-corrected chi connectivity index (χ4v) is 2.97. The third kappa shape index (κ3) is 4.24. The zero-order valence-electron chi connectivity index (χ0n) is 12.4. The first-order valence-electron chi connectivity index (χ1n) is 7.17. The molecule has 6 nitrogen and oxygen atoms in total. The van der Waals surface area contributed by atoms with Crippen LogP contribution in [0.25, 0.3) is 0 Å². The lowest BCUT2D eigenvalue weighted by molar-refractivity contribution is -0.126. The van der Waals surface area contributed by atoms with Gasteiger partial charge < -0.3 is 15.5 Å². The predicted molar refractivity (Wildman–Crippen MR) is 85.8 cm³/mol. The normalized spacial score (nSPS) is 13.5. The van der Waals surface area contributed by atoms with Gasteiger partial charge in [0, 0.05) is 11.4 Å². The van der Waals surface area contributed by atoms with Crippen LogP contribution in [0.4, 0.5) is 5.69 Å². The summed E-state index contributed by atoms with van der Waals surface area (Å²) in [4.78, 5) is 37.9. The Morgan fingerprint density at radius 1 is 1.23 bits per heavy atom. The Morgan fingerprint density at radius 2 is 2.00 bits per heavy atom. The first kappa shape index (κ1) is 16.4. The van der Waals surface area contributed by atoms with Gasteiger partial charge in [-0.1, -0.05) is 19.1 Å². The number of fused-ring (bicyclic) bond motifs is 1. The molecular weight excluding hydrogens is 302 g/mol. The zero-order chi connectivity index (χ0) is 15.9. The molecule has 0 atom stereocenters. The summed E-state index contributed by atoms with van der Waals surface area (Å²) in [6.45, 7) is 2.40. The largest absolute Gasteiger partial charge is 0.355 e.